The molecule has 0 unspecified atom stereocenters. The number of nitrogens with one attached hydrogen (secondary N) is 1. The lowest BCUT2D eigenvalue weighted by molar-refractivity contribution is 0.0697. The Hall–Kier alpha value is -2.82. The van der Waals surface area contributed by atoms with E-state index in [9.17, 15) is 9.90 Å². The molecule has 5 heteroatoms. The Morgan fingerprint density at radius 2 is 1.89 bits per heavy atom. The van der Waals surface area contributed by atoms with Crippen LogP contribution in [0, 0.1) is 0 Å². The van der Waals surface area contributed by atoms with Crippen LogP contribution in [0.15, 0.2) is 53.6 Å². The first-order chi connectivity index (χ1) is 9.15. The molecule has 0 atom stereocenters. The maximum absolute atomic E-state index is 10.7. The number of benzene rings is 2. The van der Waals surface area contributed by atoms with Gasteiger partial charge in [0.2, 0.25) is 0 Å². The summed E-state index contributed by atoms with van der Waals surface area (Å²) in [7, 11) is 0. The molecule has 0 saturated carbocycles. The lowest BCUT2D eigenvalue weighted by Crippen LogP contribution is -1.96. The number of carbonyl (C=O) groups is 1. The van der Waals surface area contributed by atoms with Crippen LogP contribution in [-0.2, 0) is 0 Å². The zero-order valence-electron chi connectivity index (χ0n) is 9.95. The normalized spacial score (nSPS) is 10.5. The Balaban J connectivity index is 2.00. The van der Waals surface area contributed by atoms with Crippen LogP contribution in [0.4, 0.5) is 5.69 Å². The van der Waals surface area contributed by atoms with Gasteiger partial charge >= 0.3 is 5.97 Å². The molecule has 0 bridgehead atoms. The summed E-state index contributed by atoms with van der Waals surface area (Å²) in [5, 5.41) is 22.0. The third-order valence-corrected chi connectivity index (χ3v) is 2.41. The standard InChI is InChI=1S/C14H12N2O3/c17-13-3-1-2-10(8-13)9-15-16-12-6-4-11(5-7-12)14(18)19/h1-9,16-17H,(H,18,19). The van der Waals surface area contributed by atoms with Crippen molar-refractivity contribution in [2.45, 2.75) is 0 Å². The number of phenolic OH excluding ortho intramolecular Hbond substituents is 1. The van der Waals surface area contributed by atoms with Crippen molar-refractivity contribution in [1.29, 1.82) is 0 Å². The summed E-state index contributed by atoms with van der Waals surface area (Å²) in [5.41, 5.74) is 4.44. The molecule has 0 spiro atoms. The summed E-state index contributed by atoms with van der Waals surface area (Å²) in [6, 6.07) is 12.9. The topological polar surface area (TPSA) is 81.9 Å². The molecular formula is C14H12N2O3. The van der Waals surface area contributed by atoms with Crippen molar-refractivity contribution in [3.8, 4) is 5.75 Å². The van der Waals surface area contributed by atoms with Crippen LogP contribution in [0.3, 0.4) is 0 Å². The molecule has 0 aromatic heterocycles. The molecule has 0 heterocycles. The van der Waals surface area contributed by atoms with Crippen LogP contribution in [0.25, 0.3) is 0 Å². The number of carboxylic acid groups (broad SMARTS) is 1. The molecule has 0 amide bonds. The summed E-state index contributed by atoms with van der Waals surface area (Å²) in [6.45, 7) is 0. The van der Waals surface area contributed by atoms with Crippen LogP contribution in [0.1, 0.15) is 15.9 Å². The first kappa shape index (κ1) is 12.6. The molecule has 0 saturated heterocycles. The molecule has 0 aliphatic heterocycles. The van der Waals surface area contributed by atoms with E-state index in [-0.39, 0.29) is 11.3 Å². The van der Waals surface area contributed by atoms with Crippen LogP contribution >= 0.6 is 0 Å². The first-order valence-electron chi connectivity index (χ1n) is 5.56. The molecule has 0 aliphatic rings. The molecule has 0 radical (unpaired) electrons. The Bertz CT molecular complexity index is 606. The second kappa shape index (κ2) is 5.68. The van der Waals surface area contributed by atoms with Gasteiger partial charge in [0.05, 0.1) is 17.5 Å². The van der Waals surface area contributed by atoms with Crippen molar-refractivity contribution in [3.63, 3.8) is 0 Å². The lowest BCUT2D eigenvalue weighted by Gasteiger charge is -2.00. The molecule has 96 valence electrons. The summed E-state index contributed by atoms with van der Waals surface area (Å²) in [6.07, 6.45) is 1.56. The molecule has 2 rings (SSSR count). The highest BCUT2D eigenvalue weighted by Crippen LogP contribution is 2.11. The minimum atomic E-state index is -0.963. The van der Waals surface area contributed by atoms with Crippen molar-refractivity contribution in [2.75, 3.05) is 5.43 Å². The van der Waals surface area contributed by atoms with E-state index in [1.807, 2.05) is 0 Å². The van der Waals surface area contributed by atoms with Crippen molar-refractivity contribution >= 4 is 17.9 Å². The van der Waals surface area contributed by atoms with E-state index in [1.165, 1.54) is 12.1 Å². The zero-order valence-corrected chi connectivity index (χ0v) is 9.95. The second-order valence-corrected chi connectivity index (χ2v) is 3.85. The Labute approximate surface area is 109 Å². The van der Waals surface area contributed by atoms with Gasteiger partial charge in [0.1, 0.15) is 5.75 Å². The fraction of sp³-hybridized carbons (Fsp3) is 0. The molecule has 3 N–H and O–H groups in total. The van der Waals surface area contributed by atoms with E-state index in [0.717, 1.165) is 5.56 Å². The predicted molar refractivity (Wildman–Crippen MR) is 72.7 cm³/mol. The van der Waals surface area contributed by atoms with Gasteiger partial charge in [0.15, 0.2) is 0 Å². The predicted octanol–water partition coefficient (Wildman–Crippen LogP) is 2.54. The van der Waals surface area contributed by atoms with Gasteiger partial charge in [-0.05, 0) is 42.0 Å². The molecule has 2 aromatic carbocycles. The third-order valence-electron chi connectivity index (χ3n) is 2.41. The van der Waals surface area contributed by atoms with Crippen LogP contribution in [0.5, 0.6) is 5.75 Å². The number of carboxylic acids is 1. The van der Waals surface area contributed by atoms with E-state index in [0.29, 0.717) is 5.69 Å². The lowest BCUT2D eigenvalue weighted by atomic mass is 10.2. The van der Waals surface area contributed by atoms with E-state index in [4.69, 9.17) is 5.11 Å². The Morgan fingerprint density at radius 1 is 1.16 bits per heavy atom. The highest BCUT2D eigenvalue weighted by molar-refractivity contribution is 5.88. The molecule has 5 nitrogen and oxygen atoms in total. The number of aromatic hydroxyl groups is 1. The fourth-order valence-electron chi connectivity index (χ4n) is 1.47. The molecule has 0 aliphatic carbocycles. The SMILES string of the molecule is O=C(O)c1ccc(NN=Cc2cccc(O)c2)cc1. The molecule has 2 aromatic rings. The van der Waals surface area contributed by atoms with Gasteiger partial charge in [-0.1, -0.05) is 12.1 Å². The van der Waals surface area contributed by atoms with Crippen molar-refractivity contribution in [1.82, 2.24) is 0 Å². The van der Waals surface area contributed by atoms with E-state index in [2.05, 4.69) is 10.5 Å². The zero-order chi connectivity index (χ0) is 13.7. The number of nitrogens with zero attached hydrogens (tertiary/aromatic N) is 1. The van der Waals surface area contributed by atoms with Crippen molar-refractivity contribution in [2.24, 2.45) is 5.10 Å². The number of hydrogen-bond donors (Lipinski definition) is 3. The number of anilines is 1. The molecule has 19 heavy (non-hydrogen) atoms. The van der Waals surface area contributed by atoms with E-state index >= 15 is 0 Å². The summed E-state index contributed by atoms with van der Waals surface area (Å²) in [4.78, 5) is 10.7. The van der Waals surface area contributed by atoms with Gasteiger partial charge in [0, 0.05) is 0 Å². The summed E-state index contributed by atoms with van der Waals surface area (Å²) >= 11 is 0. The highest BCUT2D eigenvalue weighted by atomic mass is 16.4. The largest absolute Gasteiger partial charge is 0.508 e. The Morgan fingerprint density at radius 3 is 2.53 bits per heavy atom. The highest BCUT2D eigenvalue weighted by Gasteiger charge is 2.00. The number of phenols is 1. The van der Waals surface area contributed by atoms with Crippen LogP contribution < -0.4 is 5.43 Å². The summed E-state index contributed by atoms with van der Waals surface area (Å²) < 4.78 is 0. The van der Waals surface area contributed by atoms with Crippen LogP contribution in [0.2, 0.25) is 0 Å². The van der Waals surface area contributed by atoms with Gasteiger partial charge in [0.25, 0.3) is 0 Å². The number of aromatic carboxylic acids is 1. The van der Waals surface area contributed by atoms with Gasteiger partial charge in [-0.15, -0.1) is 0 Å². The first-order valence-corrected chi connectivity index (χ1v) is 5.56. The third kappa shape index (κ3) is 3.57. The van der Waals surface area contributed by atoms with Crippen molar-refractivity contribution < 1.29 is 15.0 Å². The number of rotatable bonds is 4. The smallest absolute Gasteiger partial charge is 0.335 e. The molecule has 0 fully saturated rings. The van der Waals surface area contributed by atoms with Gasteiger partial charge in [-0.25, -0.2) is 4.79 Å². The fourth-order valence-corrected chi connectivity index (χ4v) is 1.47. The maximum Gasteiger partial charge on any atom is 0.335 e. The van der Waals surface area contributed by atoms with Crippen LogP contribution in [-0.4, -0.2) is 22.4 Å². The average molecular weight is 256 g/mol. The monoisotopic (exact) mass is 256 g/mol. The average Bonchev–Trinajstić information content (AvgIpc) is 2.39. The van der Waals surface area contributed by atoms with E-state index in [1.54, 1.807) is 42.6 Å². The quantitative estimate of drug-likeness (QED) is 0.580. The minimum Gasteiger partial charge on any atom is -0.508 e. The molecular weight excluding hydrogens is 244 g/mol. The second-order valence-electron chi connectivity index (χ2n) is 3.85. The number of hydrazone groups is 1. The maximum atomic E-state index is 10.7. The summed E-state index contributed by atoms with van der Waals surface area (Å²) in [5.74, 6) is -0.787. The van der Waals surface area contributed by atoms with E-state index < -0.39 is 5.97 Å². The Kier molecular flexibility index (Phi) is 3.78. The minimum absolute atomic E-state index is 0.176. The van der Waals surface area contributed by atoms with Gasteiger partial charge in [-0.2, -0.15) is 5.10 Å². The van der Waals surface area contributed by atoms with Crippen molar-refractivity contribution in [3.05, 3.63) is 59.7 Å². The van der Waals surface area contributed by atoms with Gasteiger partial charge < -0.3 is 10.2 Å². The van der Waals surface area contributed by atoms with Gasteiger partial charge in [-0.3, -0.25) is 5.43 Å². The number of hydrogen-bond acceptors (Lipinski definition) is 4.